The van der Waals surface area contributed by atoms with Crippen LogP contribution < -0.4 is 11.1 Å². The van der Waals surface area contributed by atoms with Gasteiger partial charge in [0.2, 0.25) is 5.92 Å². The normalized spacial score (nSPS) is 18.0. The molecule has 2 aromatic heterocycles. The fourth-order valence-electron chi connectivity index (χ4n) is 4.52. The molecule has 180 valence electrons. The van der Waals surface area contributed by atoms with Gasteiger partial charge in [0.15, 0.2) is 0 Å². The lowest BCUT2D eigenvalue weighted by Crippen LogP contribution is -2.38. The molecule has 0 aliphatic heterocycles. The van der Waals surface area contributed by atoms with Crippen LogP contribution in [0.25, 0.3) is 11.0 Å². The molecule has 1 fully saturated rings. The predicted octanol–water partition coefficient (Wildman–Crippen LogP) is 4.81. The van der Waals surface area contributed by atoms with Gasteiger partial charge in [0.25, 0.3) is 5.91 Å². The Morgan fingerprint density at radius 1 is 1.33 bits per heavy atom. The van der Waals surface area contributed by atoms with Crippen LogP contribution in [0.2, 0.25) is 0 Å². The summed E-state index contributed by atoms with van der Waals surface area (Å²) in [5.41, 5.74) is 9.25. The number of imidazole rings is 1. The second kappa shape index (κ2) is 10.2. The number of hydrogen-bond acceptors (Lipinski definition) is 4. The van der Waals surface area contributed by atoms with Gasteiger partial charge in [0.05, 0.1) is 17.1 Å². The van der Waals surface area contributed by atoms with Gasteiger partial charge in [-0.15, -0.1) is 12.4 Å². The smallest absolute Gasteiger partial charge is 0.270 e. The number of aromatic amines is 1. The number of alkyl halides is 2. The minimum Gasteiger partial charge on any atom is -0.340 e. The van der Waals surface area contributed by atoms with Gasteiger partial charge in [-0.25, -0.2) is 13.8 Å². The highest BCUT2D eigenvalue weighted by Crippen LogP contribution is 2.41. The fourth-order valence-corrected chi connectivity index (χ4v) is 4.52. The summed E-state index contributed by atoms with van der Waals surface area (Å²) in [6.07, 6.45) is 3.66. The molecule has 1 aromatic carbocycles. The largest absolute Gasteiger partial charge is 0.340 e. The topological polar surface area (TPSA) is 102 Å². The van der Waals surface area contributed by atoms with Crippen LogP contribution >= 0.6 is 12.4 Å². The van der Waals surface area contributed by atoms with Crippen LogP contribution in [0.15, 0.2) is 30.5 Å². The van der Waals surface area contributed by atoms with Crippen molar-refractivity contribution in [3.8, 4) is 0 Å². The van der Waals surface area contributed by atoms with Crippen LogP contribution in [-0.4, -0.2) is 31.6 Å². The molecular weight excluding hydrogens is 450 g/mol. The van der Waals surface area contributed by atoms with Gasteiger partial charge in [0, 0.05) is 32.1 Å². The maximum absolute atomic E-state index is 13.8. The molecule has 0 bridgehead atoms. The molecule has 1 aliphatic rings. The van der Waals surface area contributed by atoms with E-state index in [1.165, 1.54) is 4.68 Å². The molecule has 0 saturated heterocycles. The van der Waals surface area contributed by atoms with E-state index in [0.717, 1.165) is 29.4 Å². The standard InChI is InChI=1S/C23H30F2N6O.ClH/c1-3-4-16(26)15-5-6-17-18(13-15)29-21(28-17)20(14-7-10-23(24,25)11-8-14)30-22(32)19-9-12-27-31(19)2;/h5-6,9,12-14,16,20H,3-4,7-8,10-11,26H2,1-2H3,(H,28,29)(H,30,32);1H/t16?,20-;/m0./s1. The zero-order valence-corrected chi connectivity index (χ0v) is 19.7. The maximum Gasteiger partial charge on any atom is 0.270 e. The quantitative estimate of drug-likeness (QED) is 0.451. The molecule has 4 N–H and O–H groups in total. The van der Waals surface area contributed by atoms with Gasteiger partial charge >= 0.3 is 0 Å². The van der Waals surface area contributed by atoms with E-state index in [2.05, 4.69) is 22.3 Å². The van der Waals surface area contributed by atoms with Crippen molar-refractivity contribution >= 4 is 29.3 Å². The van der Waals surface area contributed by atoms with Crippen molar-refractivity contribution in [2.24, 2.45) is 18.7 Å². The lowest BCUT2D eigenvalue weighted by atomic mass is 9.81. The molecule has 1 unspecified atom stereocenters. The third-order valence-electron chi connectivity index (χ3n) is 6.42. The fraction of sp³-hybridized carbons (Fsp3) is 0.522. The Bertz CT molecular complexity index is 1090. The first kappa shape index (κ1) is 25.1. The average molecular weight is 481 g/mol. The zero-order valence-electron chi connectivity index (χ0n) is 18.9. The van der Waals surface area contributed by atoms with Crippen molar-refractivity contribution < 1.29 is 13.6 Å². The number of rotatable bonds is 7. The van der Waals surface area contributed by atoms with Crippen LogP contribution in [0.4, 0.5) is 8.78 Å². The van der Waals surface area contributed by atoms with Crippen molar-refractivity contribution in [2.75, 3.05) is 0 Å². The van der Waals surface area contributed by atoms with E-state index < -0.39 is 12.0 Å². The minimum atomic E-state index is -2.65. The highest BCUT2D eigenvalue weighted by atomic mass is 35.5. The Morgan fingerprint density at radius 3 is 2.70 bits per heavy atom. The van der Waals surface area contributed by atoms with Crippen molar-refractivity contribution in [3.63, 3.8) is 0 Å². The lowest BCUT2D eigenvalue weighted by molar-refractivity contribution is -0.0496. The Labute approximate surface area is 197 Å². The van der Waals surface area contributed by atoms with Gasteiger partial charge in [-0.1, -0.05) is 19.4 Å². The van der Waals surface area contributed by atoms with E-state index in [4.69, 9.17) is 10.7 Å². The van der Waals surface area contributed by atoms with Gasteiger partial charge in [0.1, 0.15) is 11.5 Å². The van der Waals surface area contributed by atoms with Crippen molar-refractivity contribution in [1.82, 2.24) is 25.1 Å². The van der Waals surface area contributed by atoms with Crippen LogP contribution in [0, 0.1) is 5.92 Å². The Kier molecular flexibility index (Phi) is 7.74. The van der Waals surface area contributed by atoms with Crippen molar-refractivity contribution in [2.45, 2.75) is 63.5 Å². The summed E-state index contributed by atoms with van der Waals surface area (Å²) in [7, 11) is 1.69. The molecule has 1 saturated carbocycles. The summed E-state index contributed by atoms with van der Waals surface area (Å²) < 4.78 is 29.1. The highest BCUT2D eigenvalue weighted by molar-refractivity contribution is 5.92. The number of fused-ring (bicyclic) bond motifs is 1. The van der Waals surface area contributed by atoms with Crippen molar-refractivity contribution in [1.29, 1.82) is 0 Å². The molecule has 10 heteroatoms. The number of carbonyl (C=O) groups is 1. The maximum atomic E-state index is 13.8. The van der Waals surface area contributed by atoms with E-state index in [1.807, 2.05) is 18.2 Å². The number of nitrogens with zero attached hydrogens (tertiary/aromatic N) is 3. The van der Waals surface area contributed by atoms with E-state index in [9.17, 15) is 13.6 Å². The summed E-state index contributed by atoms with van der Waals surface area (Å²) in [4.78, 5) is 21.0. The number of nitrogens with one attached hydrogen (secondary N) is 2. The average Bonchev–Trinajstić information content (AvgIpc) is 3.37. The number of amides is 1. The van der Waals surface area contributed by atoms with Crippen LogP contribution in [0.5, 0.6) is 0 Å². The first-order valence-electron chi connectivity index (χ1n) is 11.2. The molecule has 0 spiro atoms. The van der Waals surface area contributed by atoms with E-state index >= 15 is 0 Å². The number of aromatic nitrogens is 4. The van der Waals surface area contributed by atoms with E-state index in [-0.39, 0.29) is 43.1 Å². The molecule has 0 radical (unpaired) electrons. The number of H-pyrrole nitrogens is 1. The summed E-state index contributed by atoms with van der Waals surface area (Å²) in [5, 5.41) is 7.08. The molecule has 2 heterocycles. The third-order valence-corrected chi connectivity index (χ3v) is 6.42. The third kappa shape index (κ3) is 5.52. The van der Waals surface area contributed by atoms with E-state index in [1.54, 1.807) is 19.3 Å². The monoisotopic (exact) mass is 480 g/mol. The molecule has 7 nitrogen and oxygen atoms in total. The molecule has 33 heavy (non-hydrogen) atoms. The summed E-state index contributed by atoms with van der Waals surface area (Å²) >= 11 is 0. The zero-order chi connectivity index (χ0) is 22.9. The van der Waals surface area contributed by atoms with Crippen LogP contribution in [0.1, 0.15) is 79.4 Å². The molecule has 4 rings (SSSR count). The number of benzene rings is 1. The predicted molar refractivity (Wildman–Crippen MR) is 125 cm³/mol. The van der Waals surface area contributed by atoms with Gasteiger partial charge in [-0.3, -0.25) is 9.48 Å². The lowest BCUT2D eigenvalue weighted by Gasteiger charge is -2.33. The van der Waals surface area contributed by atoms with Crippen LogP contribution in [0.3, 0.4) is 0 Å². The van der Waals surface area contributed by atoms with Crippen molar-refractivity contribution in [3.05, 3.63) is 47.5 Å². The summed E-state index contributed by atoms with van der Waals surface area (Å²) in [5.74, 6) is -2.52. The Hall–Kier alpha value is -2.52. The number of halogens is 3. The number of carbonyl (C=O) groups excluding carboxylic acids is 1. The Balaban J connectivity index is 0.00000306. The first-order valence-corrected chi connectivity index (χ1v) is 11.2. The summed E-state index contributed by atoms with van der Waals surface area (Å²) in [6.45, 7) is 2.09. The van der Waals surface area contributed by atoms with Crippen LogP contribution in [-0.2, 0) is 7.05 Å². The summed E-state index contributed by atoms with van der Waals surface area (Å²) in [6, 6.07) is 6.94. The number of nitrogens with two attached hydrogens (primary N) is 1. The van der Waals surface area contributed by atoms with E-state index in [0.29, 0.717) is 24.4 Å². The molecular formula is C23H31ClF2N6O. The molecule has 2 atom stereocenters. The first-order chi connectivity index (χ1) is 15.3. The molecule has 1 aliphatic carbocycles. The minimum absolute atomic E-state index is 0. The van der Waals surface area contributed by atoms with Gasteiger partial charge in [-0.05, 0) is 48.9 Å². The molecule has 1 amide bonds. The number of aryl methyl sites for hydroxylation is 1. The molecule has 3 aromatic rings. The second-order valence-electron chi connectivity index (χ2n) is 8.78. The van der Waals surface area contributed by atoms with Gasteiger partial charge < -0.3 is 16.0 Å². The number of hydrogen-bond donors (Lipinski definition) is 3. The second-order valence-corrected chi connectivity index (χ2v) is 8.78. The Morgan fingerprint density at radius 2 is 2.06 bits per heavy atom. The SMILES string of the molecule is CCCC(N)c1ccc2[nH]c([C@@H](NC(=O)c3ccnn3C)C3CCC(F)(F)CC3)nc2c1.Cl. The highest BCUT2D eigenvalue weighted by Gasteiger charge is 2.39. The van der Waals surface area contributed by atoms with Gasteiger partial charge in [-0.2, -0.15) is 5.10 Å².